The van der Waals surface area contributed by atoms with Crippen LogP contribution in [0.25, 0.3) is 0 Å². The number of furan rings is 4. The normalized spacial score (nSPS) is 33.6. The molecule has 12 heteroatoms. The molecule has 8 nitrogen and oxygen atoms in total. The van der Waals surface area contributed by atoms with Crippen LogP contribution >= 0.6 is 0 Å². The fourth-order valence-electron chi connectivity index (χ4n) is 4.12. The van der Waals surface area contributed by atoms with Crippen molar-refractivity contribution in [1.82, 2.24) is 0 Å². The lowest BCUT2D eigenvalue weighted by Crippen LogP contribution is -2.77. The third-order valence-electron chi connectivity index (χ3n) is 5.43. The average Bonchev–Trinajstić information content (AvgIpc) is 3.55. The van der Waals surface area contributed by atoms with Crippen molar-refractivity contribution in [2.75, 3.05) is 0 Å². The largest absolute Gasteiger partial charge is 0.469 e. The van der Waals surface area contributed by atoms with Gasteiger partial charge < -0.3 is 34.1 Å². The second kappa shape index (κ2) is 7.70. The molecular weight excluding hydrogens is 481 g/mol. The molecule has 0 aliphatic carbocycles. The van der Waals surface area contributed by atoms with Crippen LogP contribution in [0.5, 0.6) is 0 Å². The first-order valence-corrected chi connectivity index (χ1v) is 19.5. The summed E-state index contributed by atoms with van der Waals surface area (Å²) in [4.78, 5) is 0. The highest BCUT2D eigenvalue weighted by Gasteiger charge is 2.63. The van der Waals surface area contributed by atoms with Crippen LogP contribution < -0.4 is 21.5 Å². The summed E-state index contributed by atoms with van der Waals surface area (Å²) in [6.45, 7) is 7.77. The molecule has 0 aromatic carbocycles. The van der Waals surface area contributed by atoms with Gasteiger partial charge in [-0.2, -0.15) is 0 Å². The van der Waals surface area contributed by atoms with Gasteiger partial charge in [-0.15, -0.1) is 0 Å². The first-order valence-electron chi connectivity index (χ1n) is 10.2. The molecule has 0 spiro atoms. The quantitative estimate of drug-likeness (QED) is 0.391. The Hall–Kier alpha value is -2.17. The SMILES string of the molecule is C[Si]1(c2ccco2)O[Si](C)(c2ccco2)O[Si](C)(c2ccco2)O[Si](C)(c2ccco2)O1. The van der Waals surface area contributed by atoms with Crippen LogP contribution in [0.15, 0.2) is 91.3 Å². The standard InChI is InChI=1S/C20H24O8Si4/c1-29(17-9-5-13-21-17)25-30(2,18-10-6-14-22-18)27-32(4,20-12-8-16-24-20)28-31(3,26-29)19-11-7-15-23-19/h5-16H,1-4H3. The van der Waals surface area contributed by atoms with Crippen molar-refractivity contribution < 1.29 is 34.1 Å². The molecule has 5 heterocycles. The minimum absolute atomic E-state index is 0.628. The monoisotopic (exact) mass is 504 g/mol. The summed E-state index contributed by atoms with van der Waals surface area (Å²) < 4.78 is 50.8. The first kappa shape index (κ1) is 21.7. The molecule has 1 aliphatic heterocycles. The Balaban J connectivity index is 1.69. The molecule has 0 atom stereocenters. The van der Waals surface area contributed by atoms with Gasteiger partial charge in [-0.1, -0.05) is 0 Å². The van der Waals surface area contributed by atoms with E-state index >= 15 is 0 Å². The van der Waals surface area contributed by atoms with E-state index in [-0.39, 0.29) is 0 Å². The molecule has 4 aromatic rings. The zero-order valence-corrected chi connectivity index (χ0v) is 22.2. The van der Waals surface area contributed by atoms with Crippen LogP contribution in [0.1, 0.15) is 0 Å². The van der Waals surface area contributed by atoms with Gasteiger partial charge >= 0.3 is 34.2 Å². The van der Waals surface area contributed by atoms with Gasteiger partial charge in [-0.3, -0.25) is 0 Å². The second-order valence-electron chi connectivity index (χ2n) is 8.10. The van der Waals surface area contributed by atoms with Crippen LogP contribution in [0, 0.1) is 0 Å². The lowest BCUT2D eigenvalue weighted by Gasteiger charge is -2.47. The lowest BCUT2D eigenvalue weighted by molar-refractivity contribution is 0.239. The number of hydrogen-bond donors (Lipinski definition) is 0. The van der Waals surface area contributed by atoms with Gasteiger partial charge in [0, 0.05) is 0 Å². The highest BCUT2D eigenvalue weighted by molar-refractivity contribution is 7.04. The van der Waals surface area contributed by atoms with E-state index in [1.54, 1.807) is 25.1 Å². The summed E-state index contributed by atoms with van der Waals surface area (Å²) in [6.07, 6.45) is 6.44. The van der Waals surface area contributed by atoms with E-state index < -0.39 is 34.2 Å². The Morgan fingerprint density at radius 2 is 0.625 bits per heavy atom. The summed E-state index contributed by atoms with van der Waals surface area (Å²) in [7, 11) is -12.8. The molecular formula is C20H24O8Si4. The molecule has 168 valence electrons. The van der Waals surface area contributed by atoms with Crippen LogP contribution in [0.4, 0.5) is 0 Å². The van der Waals surface area contributed by atoms with Gasteiger partial charge in [-0.25, -0.2) is 0 Å². The highest BCUT2D eigenvalue weighted by atomic mass is 28.5. The molecule has 0 unspecified atom stereocenters. The Morgan fingerprint density at radius 3 is 0.781 bits per heavy atom. The highest BCUT2D eigenvalue weighted by Crippen LogP contribution is 2.31. The zero-order chi connectivity index (χ0) is 22.5. The third-order valence-corrected chi connectivity index (χ3v) is 22.6. The Kier molecular flexibility index (Phi) is 5.22. The maximum Gasteiger partial charge on any atom is 0.389 e. The molecule has 1 saturated heterocycles. The minimum atomic E-state index is -3.20. The van der Waals surface area contributed by atoms with Gasteiger partial charge in [0.2, 0.25) is 0 Å². The zero-order valence-electron chi connectivity index (χ0n) is 18.2. The molecule has 1 aliphatic rings. The van der Waals surface area contributed by atoms with E-state index in [0.29, 0.717) is 21.5 Å². The van der Waals surface area contributed by atoms with Gasteiger partial charge in [0.25, 0.3) is 0 Å². The fraction of sp³-hybridized carbons (Fsp3) is 0.200. The van der Waals surface area contributed by atoms with Crippen LogP contribution in [-0.2, 0) is 16.5 Å². The predicted molar refractivity (Wildman–Crippen MR) is 124 cm³/mol. The number of hydrogen-bond acceptors (Lipinski definition) is 8. The smallest absolute Gasteiger partial charge is 0.389 e. The third kappa shape index (κ3) is 3.67. The van der Waals surface area contributed by atoms with Crippen LogP contribution in [0.3, 0.4) is 0 Å². The molecule has 32 heavy (non-hydrogen) atoms. The summed E-state index contributed by atoms with van der Waals surface area (Å²) in [5.74, 6) is 0. The summed E-state index contributed by atoms with van der Waals surface area (Å²) in [6, 6.07) is 14.7. The van der Waals surface area contributed by atoms with Crippen molar-refractivity contribution >= 4 is 55.8 Å². The Labute approximate surface area is 189 Å². The van der Waals surface area contributed by atoms with E-state index in [4.69, 9.17) is 34.1 Å². The van der Waals surface area contributed by atoms with Crippen molar-refractivity contribution in [2.24, 2.45) is 0 Å². The lowest BCUT2D eigenvalue weighted by atomic mass is 10.7. The van der Waals surface area contributed by atoms with Crippen molar-refractivity contribution in [3.05, 3.63) is 73.6 Å². The van der Waals surface area contributed by atoms with E-state index in [0.717, 1.165) is 0 Å². The fourth-order valence-corrected chi connectivity index (χ4v) is 24.1. The minimum Gasteiger partial charge on any atom is -0.469 e. The maximum absolute atomic E-state index is 6.89. The summed E-state index contributed by atoms with van der Waals surface area (Å²) in [5.41, 5.74) is 0. The molecule has 1 fully saturated rings. The van der Waals surface area contributed by atoms with Crippen molar-refractivity contribution in [2.45, 2.75) is 26.2 Å². The summed E-state index contributed by atoms with van der Waals surface area (Å²) in [5, 5.41) is 2.51. The second-order valence-corrected chi connectivity index (χ2v) is 20.9. The topological polar surface area (TPSA) is 89.5 Å². The van der Waals surface area contributed by atoms with Gasteiger partial charge in [0.15, 0.2) is 0 Å². The maximum atomic E-state index is 6.89. The Morgan fingerprint density at radius 1 is 0.406 bits per heavy atom. The predicted octanol–water partition coefficient (Wildman–Crippen LogP) is 2.36. The molecule has 0 N–H and O–H groups in total. The number of rotatable bonds is 4. The molecule has 0 bridgehead atoms. The van der Waals surface area contributed by atoms with Gasteiger partial charge in [0.1, 0.15) is 21.5 Å². The molecule has 5 rings (SSSR count). The van der Waals surface area contributed by atoms with E-state index in [9.17, 15) is 0 Å². The molecule has 4 aromatic heterocycles. The molecule has 0 amide bonds. The van der Waals surface area contributed by atoms with Crippen molar-refractivity contribution in [1.29, 1.82) is 0 Å². The average molecular weight is 505 g/mol. The van der Waals surface area contributed by atoms with E-state index in [1.165, 1.54) is 0 Å². The van der Waals surface area contributed by atoms with Crippen LogP contribution in [-0.4, -0.2) is 34.2 Å². The van der Waals surface area contributed by atoms with Crippen molar-refractivity contribution in [3.8, 4) is 0 Å². The molecule has 0 saturated carbocycles. The molecule has 0 radical (unpaired) electrons. The van der Waals surface area contributed by atoms with Gasteiger partial charge in [-0.05, 0) is 74.7 Å². The van der Waals surface area contributed by atoms with E-state index in [2.05, 4.69) is 0 Å². The Bertz CT molecular complexity index is 946. The van der Waals surface area contributed by atoms with E-state index in [1.807, 2.05) is 74.7 Å². The first-order chi connectivity index (χ1) is 15.2. The van der Waals surface area contributed by atoms with Crippen LogP contribution in [0.2, 0.25) is 26.2 Å². The van der Waals surface area contributed by atoms with Gasteiger partial charge in [0.05, 0.1) is 25.1 Å². The van der Waals surface area contributed by atoms with Crippen molar-refractivity contribution in [3.63, 3.8) is 0 Å². The summed E-state index contributed by atoms with van der Waals surface area (Å²) >= 11 is 0.